The number of allylic oxidation sites excluding steroid dienone is 5. The number of hydrogen-bond donors (Lipinski definition) is 1. The summed E-state index contributed by atoms with van der Waals surface area (Å²) in [5.41, 5.74) is 0.526. The van der Waals surface area contributed by atoms with Gasteiger partial charge in [-0.25, -0.2) is 4.18 Å². The first-order valence-corrected chi connectivity index (χ1v) is 8.17. The van der Waals surface area contributed by atoms with Gasteiger partial charge in [-0.3, -0.25) is 9.71 Å². The summed E-state index contributed by atoms with van der Waals surface area (Å²) in [5, 5.41) is 0. The lowest BCUT2D eigenvalue weighted by Crippen LogP contribution is -2.36. The van der Waals surface area contributed by atoms with Gasteiger partial charge in [0.1, 0.15) is 12.1 Å². The Bertz CT molecular complexity index is 684. The fourth-order valence-corrected chi connectivity index (χ4v) is 3.42. The van der Waals surface area contributed by atoms with Gasteiger partial charge < -0.3 is 0 Å². The smallest absolute Gasteiger partial charge is 0.283 e. The van der Waals surface area contributed by atoms with Crippen LogP contribution in [0, 0.1) is 5.92 Å². The number of rotatable bonds is 4. The number of nitrogens with zero attached hydrogens (tertiary/aromatic N) is 1. The third-order valence-corrected chi connectivity index (χ3v) is 4.38. The zero-order valence-electron chi connectivity index (χ0n) is 11.3. The molecular weight excluding hydrogens is 288 g/mol. The quantitative estimate of drug-likeness (QED) is 0.861. The summed E-state index contributed by atoms with van der Waals surface area (Å²) in [6.45, 7) is 0. The van der Waals surface area contributed by atoms with Crippen molar-refractivity contribution in [1.82, 2.24) is 4.72 Å². The van der Waals surface area contributed by atoms with Gasteiger partial charge in [-0.1, -0.05) is 42.5 Å². The lowest BCUT2D eigenvalue weighted by Gasteiger charge is -2.27. The van der Waals surface area contributed by atoms with Crippen LogP contribution in [0.4, 0.5) is 0 Å². The van der Waals surface area contributed by atoms with Gasteiger partial charge in [-0.15, -0.1) is 0 Å². The topological polar surface area (TPSA) is 67.8 Å². The fourth-order valence-electron chi connectivity index (χ4n) is 2.42. The Morgan fingerprint density at radius 3 is 2.81 bits per heavy atom. The summed E-state index contributed by atoms with van der Waals surface area (Å²) in [7, 11) is -3.87. The lowest BCUT2D eigenvalue weighted by molar-refractivity contribution is 0.253. The van der Waals surface area contributed by atoms with Crippen molar-refractivity contribution in [2.45, 2.75) is 18.6 Å². The van der Waals surface area contributed by atoms with Gasteiger partial charge in [0.2, 0.25) is 0 Å². The molecule has 1 heterocycles. The highest BCUT2D eigenvalue weighted by Gasteiger charge is 2.28. The minimum atomic E-state index is -3.87. The molecule has 6 heteroatoms. The van der Waals surface area contributed by atoms with Crippen molar-refractivity contribution < 1.29 is 12.6 Å². The highest BCUT2D eigenvalue weighted by molar-refractivity contribution is 7.84. The van der Waals surface area contributed by atoms with Crippen LogP contribution < -0.4 is 4.72 Å². The van der Waals surface area contributed by atoms with Crippen LogP contribution in [-0.4, -0.2) is 26.8 Å². The maximum absolute atomic E-state index is 12.1. The number of fused-ring (bicyclic) bond motifs is 1. The second kappa shape index (κ2) is 5.83. The van der Waals surface area contributed by atoms with Gasteiger partial charge >= 0.3 is 10.3 Å². The minimum Gasteiger partial charge on any atom is -0.283 e. The van der Waals surface area contributed by atoms with Crippen LogP contribution >= 0.6 is 0 Å². The van der Waals surface area contributed by atoms with E-state index in [2.05, 4.69) is 9.71 Å². The molecule has 0 spiro atoms. The Morgan fingerprint density at radius 1 is 1.14 bits per heavy atom. The van der Waals surface area contributed by atoms with Gasteiger partial charge in [0.05, 0.1) is 5.70 Å². The Morgan fingerprint density at radius 2 is 2.00 bits per heavy atom. The summed E-state index contributed by atoms with van der Waals surface area (Å²) in [4.78, 5) is 4.32. The normalized spacial score (nSPS) is 30.1. The third-order valence-electron chi connectivity index (χ3n) is 3.39. The van der Waals surface area contributed by atoms with Gasteiger partial charge in [0.25, 0.3) is 0 Å². The van der Waals surface area contributed by atoms with Crippen LogP contribution in [-0.2, 0) is 14.5 Å². The molecule has 0 aromatic rings. The molecule has 0 saturated carbocycles. The largest absolute Gasteiger partial charge is 0.360 e. The highest BCUT2D eigenvalue weighted by Crippen LogP contribution is 2.25. The monoisotopic (exact) mass is 304 g/mol. The SMILES string of the molecule is O=S(=O)(NC1=CC=C[C@H]2C=CC=NC12)OC1C=CC=CC1. The standard InChI is InChI=1S/C15H16N2O3S/c18-21(19,20-13-8-2-1-3-9-13)17-14-10-4-6-12-7-5-11-16-15(12)14/h1-8,10-13,15,17H,9H2/t12-,13?,15?/m0/s1. The average molecular weight is 304 g/mol. The summed E-state index contributed by atoms with van der Waals surface area (Å²) in [5.74, 6) is 0.0789. The Labute approximate surface area is 124 Å². The Balaban J connectivity index is 1.70. The summed E-state index contributed by atoms with van der Waals surface area (Å²) >= 11 is 0. The van der Waals surface area contributed by atoms with Crippen LogP contribution in [0.2, 0.25) is 0 Å². The number of dihydropyridines is 1. The first-order chi connectivity index (χ1) is 10.1. The predicted molar refractivity (Wildman–Crippen MR) is 82.0 cm³/mol. The predicted octanol–water partition coefficient (Wildman–Crippen LogP) is 1.80. The van der Waals surface area contributed by atoms with E-state index in [1.807, 2.05) is 36.5 Å². The molecule has 0 saturated heterocycles. The second-order valence-corrected chi connectivity index (χ2v) is 6.26. The second-order valence-electron chi connectivity index (χ2n) is 4.95. The van der Waals surface area contributed by atoms with E-state index in [9.17, 15) is 8.42 Å². The summed E-state index contributed by atoms with van der Waals surface area (Å²) < 4.78 is 31.9. The van der Waals surface area contributed by atoms with Crippen molar-refractivity contribution in [1.29, 1.82) is 0 Å². The molecule has 0 fully saturated rings. The third kappa shape index (κ3) is 3.40. The van der Waals surface area contributed by atoms with E-state index in [4.69, 9.17) is 4.18 Å². The molecule has 2 unspecified atom stereocenters. The Hall–Kier alpha value is -1.92. The molecule has 1 N–H and O–H groups in total. The molecule has 3 aliphatic rings. The van der Waals surface area contributed by atoms with E-state index >= 15 is 0 Å². The average Bonchev–Trinajstić information content (AvgIpc) is 2.48. The molecule has 3 rings (SSSR count). The van der Waals surface area contributed by atoms with Crippen LogP contribution in [0.25, 0.3) is 0 Å². The molecule has 3 atom stereocenters. The van der Waals surface area contributed by atoms with E-state index in [0.717, 1.165) is 0 Å². The first-order valence-electron chi connectivity index (χ1n) is 6.77. The molecule has 0 aromatic carbocycles. The molecular formula is C15H16N2O3S. The van der Waals surface area contributed by atoms with E-state index in [-0.39, 0.29) is 12.0 Å². The highest BCUT2D eigenvalue weighted by atomic mass is 32.2. The molecule has 0 bridgehead atoms. The van der Waals surface area contributed by atoms with Gasteiger partial charge in [0.15, 0.2) is 0 Å². The molecule has 21 heavy (non-hydrogen) atoms. The molecule has 0 radical (unpaired) electrons. The lowest BCUT2D eigenvalue weighted by atomic mass is 9.91. The van der Waals surface area contributed by atoms with Crippen molar-refractivity contribution in [3.05, 3.63) is 60.4 Å². The van der Waals surface area contributed by atoms with Crippen LogP contribution in [0.3, 0.4) is 0 Å². The number of aliphatic imine (C=N–C) groups is 1. The van der Waals surface area contributed by atoms with Crippen molar-refractivity contribution >= 4 is 16.5 Å². The van der Waals surface area contributed by atoms with Crippen LogP contribution in [0.5, 0.6) is 0 Å². The van der Waals surface area contributed by atoms with Crippen molar-refractivity contribution in [2.24, 2.45) is 10.9 Å². The van der Waals surface area contributed by atoms with Gasteiger partial charge in [-0.2, -0.15) is 8.42 Å². The molecule has 2 aliphatic carbocycles. The van der Waals surface area contributed by atoms with E-state index in [1.54, 1.807) is 24.4 Å². The van der Waals surface area contributed by atoms with Gasteiger partial charge in [0, 0.05) is 12.1 Å². The van der Waals surface area contributed by atoms with Crippen LogP contribution in [0.15, 0.2) is 65.4 Å². The summed E-state index contributed by atoms with van der Waals surface area (Å²) in [6.07, 6.45) is 18.4. The van der Waals surface area contributed by atoms with Gasteiger partial charge in [-0.05, 0) is 18.6 Å². The maximum atomic E-state index is 12.1. The molecule has 110 valence electrons. The number of nitrogens with one attached hydrogen (secondary N) is 1. The van der Waals surface area contributed by atoms with Crippen LogP contribution in [0.1, 0.15) is 6.42 Å². The fraction of sp³-hybridized carbons (Fsp3) is 0.267. The first kappa shape index (κ1) is 14.0. The molecule has 0 aromatic heterocycles. The minimum absolute atomic E-state index is 0.0789. The molecule has 1 aliphatic heterocycles. The van der Waals surface area contributed by atoms with E-state index in [0.29, 0.717) is 12.1 Å². The van der Waals surface area contributed by atoms with Crippen molar-refractivity contribution in [2.75, 3.05) is 0 Å². The zero-order valence-corrected chi connectivity index (χ0v) is 12.1. The zero-order chi connectivity index (χ0) is 14.7. The van der Waals surface area contributed by atoms with E-state index < -0.39 is 16.4 Å². The van der Waals surface area contributed by atoms with Crippen molar-refractivity contribution in [3.8, 4) is 0 Å². The molecule has 0 amide bonds. The summed E-state index contributed by atoms with van der Waals surface area (Å²) in [6, 6.07) is -0.236. The van der Waals surface area contributed by atoms with Crippen molar-refractivity contribution in [3.63, 3.8) is 0 Å². The Kier molecular flexibility index (Phi) is 3.90. The van der Waals surface area contributed by atoms with E-state index in [1.165, 1.54) is 0 Å². The maximum Gasteiger partial charge on any atom is 0.360 e. The number of hydrogen-bond acceptors (Lipinski definition) is 4. The molecule has 5 nitrogen and oxygen atoms in total.